The maximum Gasteiger partial charge on any atom is 0.214 e. The lowest BCUT2D eigenvalue weighted by atomic mass is 9.85. The Hall–Kier alpha value is -0.870. The third-order valence-corrected chi connectivity index (χ3v) is 6.35. The lowest BCUT2D eigenvalue weighted by Gasteiger charge is -2.24. The van der Waals surface area contributed by atoms with Crippen molar-refractivity contribution in [3.8, 4) is 0 Å². The molecule has 26 heavy (non-hydrogen) atoms. The Bertz CT molecular complexity index is 678. The predicted octanol–water partition coefficient (Wildman–Crippen LogP) is 2.17. The summed E-state index contributed by atoms with van der Waals surface area (Å²) in [6, 6.07) is 10.3. The van der Waals surface area contributed by atoms with Crippen LogP contribution in [0.1, 0.15) is 32.8 Å². The monoisotopic (exact) mass is 494 g/mol. The maximum atomic E-state index is 11.8. The number of nitrogens with zero attached hydrogens (tertiary/aromatic N) is 2. The van der Waals surface area contributed by atoms with E-state index in [0.717, 1.165) is 18.9 Å². The number of hydrogen-bond donors (Lipinski definition) is 2. The van der Waals surface area contributed by atoms with Gasteiger partial charge >= 0.3 is 0 Å². The van der Waals surface area contributed by atoms with Gasteiger partial charge in [0.1, 0.15) is 0 Å². The number of rotatable bonds is 7. The van der Waals surface area contributed by atoms with Crippen molar-refractivity contribution in [3.05, 3.63) is 35.9 Å². The van der Waals surface area contributed by atoms with E-state index in [1.54, 1.807) is 4.31 Å². The maximum absolute atomic E-state index is 11.8. The fraction of sp³-hybridized carbons (Fsp3) is 0.611. The zero-order valence-electron chi connectivity index (χ0n) is 15.9. The van der Waals surface area contributed by atoms with Crippen LogP contribution in [0.5, 0.6) is 0 Å². The van der Waals surface area contributed by atoms with Crippen LogP contribution in [0, 0.1) is 0 Å². The van der Waals surface area contributed by atoms with Crippen molar-refractivity contribution in [3.63, 3.8) is 0 Å². The smallest absolute Gasteiger partial charge is 0.214 e. The molecule has 148 valence electrons. The highest BCUT2D eigenvalue weighted by molar-refractivity contribution is 14.0. The molecule has 0 aromatic heterocycles. The molecule has 0 aliphatic carbocycles. The lowest BCUT2D eigenvalue weighted by Crippen LogP contribution is -2.42. The molecule has 0 bridgehead atoms. The van der Waals surface area contributed by atoms with Gasteiger partial charge in [-0.05, 0) is 18.9 Å². The summed E-state index contributed by atoms with van der Waals surface area (Å²) in [5, 5.41) is 6.47. The molecule has 0 unspecified atom stereocenters. The predicted molar refractivity (Wildman–Crippen MR) is 119 cm³/mol. The summed E-state index contributed by atoms with van der Waals surface area (Å²) in [6.45, 7) is 9.43. The van der Waals surface area contributed by atoms with Crippen molar-refractivity contribution < 1.29 is 8.42 Å². The van der Waals surface area contributed by atoms with Crippen LogP contribution in [-0.2, 0) is 15.4 Å². The second-order valence-corrected chi connectivity index (χ2v) is 9.03. The molecule has 1 aliphatic rings. The van der Waals surface area contributed by atoms with E-state index in [0.29, 0.717) is 26.2 Å². The van der Waals surface area contributed by atoms with Crippen molar-refractivity contribution >= 4 is 40.0 Å². The van der Waals surface area contributed by atoms with Crippen molar-refractivity contribution in [2.45, 2.75) is 32.6 Å². The minimum absolute atomic E-state index is 0. The van der Waals surface area contributed by atoms with E-state index in [1.807, 2.05) is 25.1 Å². The van der Waals surface area contributed by atoms with Gasteiger partial charge in [0.15, 0.2) is 5.96 Å². The van der Waals surface area contributed by atoms with Crippen LogP contribution >= 0.6 is 24.0 Å². The summed E-state index contributed by atoms with van der Waals surface area (Å²) < 4.78 is 25.2. The van der Waals surface area contributed by atoms with E-state index < -0.39 is 10.0 Å². The molecule has 0 amide bonds. The Morgan fingerprint density at radius 3 is 2.50 bits per heavy atom. The minimum Gasteiger partial charge on any atom is -0.357 e. The first-order valence-electron chi connectivity index (χ1n) is 8.91. The Morgan fingerprint density at radius 1 is 1.23 bits per heavy atom. The van der Waals surface area contributed by atoms with Gasteiger partial charge in [-0.1, -0.05) is 44.2 Å². The normalized spacial score (nSPS) is 17.6. The van der Waals surface area contributed by atoms with Gasteiger partial charge in [-0.25, -0.2) is 12.7 Å². The number of aliphatic imine (C=N–C) groups is 1. The van der Waals surface area contributed by atoms with Crippen LogP contribution in [0.4, 0.5) is 0 Å². The van der Waals surface area contributed by atoms with Crippen molar-refractivity contribution in [2.24, 2.45) is 4.99 Å². The van der Waals surface area contributed by atoms with E-state index in [4.69, 9.17) is 0 Å². The second-order valence-electron chi connectivity index (χ2n) is 6.94. The summed E-state index contributed by atoms with van der Waals surface area (Å²) >= 11 is 0. The van der Waals surface area contributed by atoms with Gasteiger partial charge in [0, 0.05) is 31.6 Å². The van der Waals surface area contributed by atoms with Crippen LogP contribution in [0.15, 0.2) is 35.3 Å². The first kappa shape index (κ1) is 23.2. The summed E-state index contributed by atoms with van der Waals surface area (Å²) in [7, 11) is -3.04. The van der Waals surface area contributed by atoms with Gasteiger partial charge in [0.25, 0.3) is 0 Å². The average molecular weight is 494 g/mol. The van der Waals surface area contributed by atoms with Gasteiger partial charge in [-0.3, -0.25) is 4.99 Å². The summed E-state index contributed by atoms with van der Waals surface area (Å²) in [5.74, 6) is 0.995. The molecule has 2 N–H and O–H groups in total. The van der Waals surface area contributed by atoms with E-state index in [1.165, 1.54) is 5.56 Å². The highest BCUT2D eigenvalue weighted by Crippen LogP contribution is 2.22. The molecule has 0 saturated carbocycles. The summed E-state index contributed by atoms with van der Waals surface area (Å²) in [4.78, 5) is 4.69. The molecule has 2 rings (SSSR count). The molecule has 1 saturated heterocycles. The molecule has 0 spiro atoms. The van der Waals surface area contributed by atoms with Crippen LogP contribution in [-0.4, -0.2) is 57.2 Å². The topological polar surface area (TPSA) is 73.8 Å². The largest absolute Gasteiger partial charge is 0.357 e. The Morgan fingerprint density at radius 2 is 1.92 bits per heavy atom. The molecular formula is C18H31IN4O2S. The number of guanidine groups is 1. The lowest BCUT2D eigenvalue weighted by molar-refractivity contribution is 0.444. The van der Waals surface area contributed by atoms with Crippen LogP contribution < -0.4 is 10.6 Å². The highest BCUT2D eigenvalue weighted by atomic mass is 127. The molecule has 0 atom stereocenters. The second kappa shape index (κ2) is 10.5. The molecule has 1 aliphatic heterocycles. The number of nitrogens with one attached hydrogen (secondary N) is 2. The molecule has 0 radical (unpaired) electrons. The Kier molecular flexibility index (Phi) is 9.32. The fourth-order valence-corrected chi connectivity index (χ4v) is 4.37. The van der Waals surface area contributed by atoms with E-state index in [2.05, 4.69) is 41.6 Å². The summed E-state index contributed by atoms with van der Waals surface area (Å²) in [6.07, 6.45) is 0.724. The van der Waals surface area contributed by atoms with Crippen molar-refractivity contribution in [1.82, 2.24) is 14.9 Å². The van der Waals surface area contributed by atoms with Gasteiger partial charge in [-0.2, -0.15) is 0 Å². The first-order valence-corrected chi connectivity index (χ1v) is 10.5. The number of benzene rings is 1. The third-order valence-electron chi connectivity index (χ3n) is 4.39. The van der Waals surface area contributed by atoms with Crippen LogP contribution in [0.3, 0.4) is 0 Å². The highest BCUT2D eigenvalue weighted by Gasteiger charge is 2.27. The number of sulfonamides is 1. The molecule has 1 heterocycles. The summed E-state index contributed by atoms with van der Waals surface area (Å²) in [5.41, 5.74) is 1.18. The molecule has 8 heteroatoms. The molecule has 1 fully saturated rings. The van der Waals surface area contributed by atoms with Crippen LogP contribution in [0.2, 0.25) is 0 Å². The van der Waals surface area contributed by atoms with E-state index >= 15 is 0 Å². The molecule has 1 aromatic carbocycles. The molecule has 6 nitrogen and oxygen atoms in total. The fourth-order valence-electron chi connectivity index (χ4n) is 2.84. The van der Waals surface area contributed by atoms with E-state index in [-0.39, 0.29) is 35.1 Å². The molecule has 1 aromatic rings. The van der Waals surface area contributed by atoms with Crippen LogP contribution in [0.25, 0.3) is 0 Å². The van der Waals surface area contributed by atoms with Crippen molar-refractivity contribution in [1.29, 1.82) is 0 Å². The SMILES string of the molecule is CCNC(=NCC(C)(C)c1ccccc1)NCCN1CCCS1(=O)=O.I. The van der Waals surface area contributed by atoms with E-state index in [9.17, 15) is 8.42 Å². The molecular weight excluding hydrogens is 463 g/mol. The quantitative estimate of drug-likeness (QED) is 0.346. The van der Waals surface area contributed by atoms with Gasteiger partial charge < -0.3 is 10.6 Å². The Balaban J connectivity index is 0.00000338. The zero-order chi connectivity index (χ0) is 18.3. The first-order chi connectivity index (χ1) is 11.8. The van der Waals surface area contributed by atoms with Gasteiger partial charge in [-0.15, -0.1) is 24.0 Å². The minimum atomic E-state index is -3.04. The van der Waals surface area contributed by atoms with Gasteiger partial charge in [0.05, 0.1) is 12.3 Å². The number of hydrogen-bond acceptors (Lipinski definition) is 3. The standard InChI is InChI=1S/C18H30N4O2S.HI/c1-4-19-17(20-11-13-22-12-8-14-25(22,23)24)21-15-18(2,3)16-9-6-5-7-10-16;/h5-7,9-10H,4,8,11-15H2,1-3H3,(H2,19,20,21);1H. The average Bonchev–Trinajstić information content (AvgIpc) is 2.92. The van der Waals surface area contributed by atoms with Gasteiger partial charge in [0.2, 0.25) is 10.0 Å². The third kappa shape index (κ3) is 6.70. The van der Waals surface area contributed by atoms with Crippen molar-refractivity contribution in [2.75, 3.05) is 38.5 Å². The zero-order valence-corrected chi connectivity index (χ0v) is 19.0. The number of halogens is 1. The Labute approximate surface area is 174 Å².